The molecule has 0 saturated carbocycles. The third-order valence-electron chi connectivity index (χ3n) is 3.36. The molecule has 0 radical (unpaired) electrons. The molecule has 0 aromatic heterocycles. The number of anilines is 1. The number of benzene rings is 1. The summed E-state index contributed by atoms with van der Waals surface area (Å²) < 4.78 is 0. The van der Waals surface area contributed by atoms with Gasteiger partial charge in [-0.05, 0) is 43.4 Å². The monoisotopic (exact) mass is 292 g/mol. The highest BCUT2D eigenvalue weighted by Gasteiger charge is 2.17. The molecule has 3 N–H and O–H groups in total. The summed E-state index contributed by atoms with van der Waals surface area (Å²) in [5, 5.41) is 14.0. The fraction of sp³-hybridized carbons (Fsp3) is 0.500. The van der Waals surface area contributed by atoms with Gasteiger partial charge in [0.1, 0.15) is 0 Å². The van der Waals surface area contributed by atoms with Gasteiger partial charge in [-0.25, -0.2) is 0 Å². The minimum atomic E-state index is -0.681. The first kappa shape index (κ1) is 17.2. The van der Waals surface area contributed by atoms with E-state index in [1.165, 1.54) is 0 Å². The van der Waals surface area contributed by atoms with Gasteiger partial charge in [-0.2, -0.15) is 0 Å². The van der Waals surface area contributed by atoms with E-state index in [2.05, 4.69) is 10.6 Å². The Labute approximate surface area is 125 Å². The van der Waals surface area contributed by atoms with E-state index >= 15 is 0 Å². The number of hydrogen-bond acceptors (Lipinski definition) is 3. The molecule has 1 aromatic rings. The van der Waals surface area contributed by atoms with Crippen LogP contribution in [0.15, 0.2) is 18.2 Å². The number of nitrogens with one attached hydrogen (secondary N) is 2. The van der Waals surface area contributed by atoms with E-state index < -0.39 is 11.8 Å². The molecule has 1 atom stereocenters. The molecule has 0 bridgehead atoms. The van der Waals surface area contributed by atoms with Gasteiger partial charge in [0.2, 0.25) is 0 Å². The zero-order valence-corrected chi connectivity index (χ0v) is 12.9. The third kappa shape index (κ3) is 5.19. The zero-order chi connectivity index (χ0) is 15.8. The molecule has 2 amide bonds. The molecule has 0 aliphatic rings. The van der Waals surface area contributed by atoms with Crippen LogP contribution in [0.25, 0.3) is 0 Å². The average Bonchev–Trinajstić information content (AvgIpc) is 2.47. The maximum Gasteiger partial charge on any atom is 0.313 e. The number of aliphatic hydroxyl groups excluding tert-OH is 1. The molecule has 0 aliphatic heterocycles. The number of carbonyl (C=O) groups excluding carboxylic acids is 2. The second-order valence-electron chi connectivity index (χ2n) is 5.04. The minimum Gasteiger partial charge on any atom is -0.396 e. The number of hydrogen-bond donors (Lipinski definition) is 3. The molecular weight excluding hydrogens is 268 g/mol. The van der Waals surface area contributed by atoms with Crippen LogP contribution < -0.4 is 10.6 Å². The van der Waals surface area contributed by atoms with Crippen LogP contribution in [0, 0.1) is 0 Å². The molecular formula is C16H24N2O3. The normalized spacial score (nSPS) is 11.8. The van der Waals surface area contributed by atoms with Gasteiger partial charge in [-0.1, -0.05) is 26.0 Å². The van der Waals surface area contributed by atoms with Crippen LogP contribution in [0.3, 0.4) is 0 Å². The fourth-order valence-corrected chi connectivity index (χ4v) is 2.00. The standard InChI is InChI=1S/C16H24N2O3/c1-4-12-6-7-13(5-2)14(10-12)18-16(21)15(20)17-11(3)8-9-19/h6-7,10-11,19H,4-5,8-9H2,1-3H3,(H,17,20)(H,18,21)/t11-/m1/s1. The van der Waals surface area contributed by atoms with Gasteiger partial charge in [-0.3, -0.25) is 9.59 Å². The minimum absolute atomic E-state index is 0.0262. The largest absolute Gasteiger partial charge is 0.396 e. The van der Waals surface area contributed by atoms with Crippen LogP contribution in [0.1, 0.15) is 38.3 Å². The Kier molecular flexibility index (Phi) is 6.88. The maximum absolute atomic E-state index is 11.9. The van der Waals surface area contributed by atoms with Crippen LogP contribution in [0.2, 0.25) is 0 Å². The topological polar surface area (TPSA) is 78.4 Å². The van der Waals surface area contributed by atoms with E-state index in [0.717, 1.165) is 24.0 Å². The Bertz CT molecular complexity index is 500. The molecule has 0 spiro atoms. The van der Waals surface area contributed by atoms with Crippen molar-refractivity contribution in [2.75, 3.05) is 11.9 Å². The lowest BCUT2D eigenvalue weighted by molar-refractivity contribution is -0.136. The summed E-state index contributed by atoms with van der Waals surface area (Å²) in [5.74, 6) is -1.36. The van der Waals surface area contributed by atoms with Crippen molar-refractivity contribution in [3.05, 3.63) is 29.3 Å². The summed E-state index contributed by atoms with van der Waals surface area (Å²) in [4.78, 5) is 23.7. The van der Waals surface area contributed by atoms with Crippen molar-refractivity contribution >= 4 is 17.5 Å². The van der Waals surface area contributed by atoms with Gasteiger partial charge in [0.25, 0.3) is 0 Å². The number of aryl methyl sites for hydroxylation is 2. The van der Waals surface area contributed by atoms with E-state index in [0.29, 0.717) is 12.1 Å². The van der Waals surface area contributed by atoms with Crippen LogP contribution in [-0.4, -0.2) is 29.6 Å². The van der Waals surface area contributed by atoms with Gasteiger partial charge in [0, 0.05) is 18.3 Å². The first-order chi connectivity index (χ1) is 10.0. The number of carbonyl (C=O) groups is 2. The number of aliphatic hydroxyl groups is 1. The second-order valence-corrected chi connectivity index (χ2v) is 5.04. The molecule has 5 nitrogen and oxygen atoms in total. The van der Waals surface area contributed by atoms with Crippen molar-refractivity contribution in [2.24, 2.45) is 0 Å². The first-order valence-electron chi connectivity index (χ1n) is 7.36. The predicted molar refractivity (Wildman–Crippen MR) is 83.1 cm³/mol. The predicted octanol–water partition coefficient (Wildman–Crippen LogP) is 1.64. The van der Waals surface area contributed by atoms with E-state index in [-0.39, 0.29) is 12.6 Å². The van der Waals surface area contributed by atoms with Crippen molar-refractivity contribution in [1.82, 2.24) is 5.32 Å². The van der Waals surface area contributed by atoms with E-state index in [1.54, 1.807) is 6.92 Å². The van der Waals surface area contributed by atoms with Crippen molar-refractivity contribution in [3.63, 3.8) is 0 Å². The summed E-state index contributed by atoms with van der Waals surface area (Å²) >= 11 is 0. The lowest BCUT2D eigenvalue weighted by atomic mass is 10.1. The summed E-state index contributed by atoms with van der Waals surface area (Å²) in [6.45, 7) is 5.76. The Hall–Kier alpha value is -1.88. The van der Waals surface area contributed by atoms with Crippen molar-refractivity contribution < 1.29 is 14.7 Å². The summed E-state index contributed by atoms with van der Waals surface area (Å²) in [6.07, 6.45) is 2.07. The van der Waals surface area contributed by atoms with E-state index in [4.69, 9.17) is 5.11 Å². The lowest BCUT2D eigenvalue weighted by Crippen LogP contribution is -2.41. The summed E-state index contributed by atoms with van der Waals surface area (Å²) in [6, 6.07) is 5.67. The van der Waals surface area contributed by atoms with Gasteiger partial charge < -0.3 is 15.7 Å². The fourth-order valence-electron chi connectivity index (χ4n) is 2.00. The molecule has 5 heteroatoms. The van der Waals surface area contributed by atoms with Crippen LogP contribution in [-0.2, 0) is 22.4 Å². The zero-order valence-electron chi connectivity index (χ0n) is 12.9. The molecule has 1 rings (SSSR count). The van der Waals surface area contributed by atoms with Gasteiger partial charge in [0.15, 0.2) is 0 Å². The Morgan fingerprint density at radius 1 is 1.19 bits per heavy atom. The third-order valence-corrected chi connectivity index (χ3v) is 3.36. The molecule has 21 heavy (non-hydrogen) atoms. The molecule has 0 aliphatic carbocycles. The Morgan fingerprint density at radius 2 is 1.90 bits per heavy atom. The van der Waals surface area contributed by atoms with Crippen LogP contribution in [0.4, 0.5) is 5.69 Å². The quantitative estimate of drug-likeness (QED) is 0.697. The van der Waals surface area contributed by atoms with Crippen molar-refractivity contribution in [1.29, 1.82) is 0 Å². The van der Waals surface area contributed by atoms with E-state index in [9.17, 15) is 9.59 Å². The molecule has 0 unspecified atom stereocenters. The smallest absolute Gasteiger partial charge is 0.313 e. The van der Waals surface area contributed by atoms with Crippen molar-refractivity contribution in [2.45, 2.75) is 46.1 Å². The second kappa shape index (κ2) is 8.42. The number of rotatable bonds is 6. The van der Waals surface area contributed by atoms with E-state index in [1.807, 2.05) is 32.0 Å². The molecule has 0 saturated heterocycles. The van der Waals surface area contributed by atoms with Gasteiger partial charge in [-0.15, -0.1) is 0 Å². The highest BCUT2D eigenvalue weighted by atomic mass is 16.3. The Balaban J connectivity index is 2.75. The highest BCUT2D eigenvalue weighted by Crippen LogP contribution is 2.19. The highest BCUT2D eigenvalue weighted by molar-refractivity contribution is 6.39. The summed E-state index contributed by atoms with van der Waals surface area (Å²) in [7, 11) is 0. The Morgan fingerprint density at radius 3 is 2.48 bits per heavy atom. The SMILES string of the molecule is CCc1ccc(CC)c(NC(=O)C(=O)N[C@H](C)CCO)c1. The first-order valence-corrected chi connectivity index (χ1v) is 7.36. The molecule has 0 fully saturated rings. The molecule has 116 valence electrons. The van der Waals surface area contributed by atoms with Gasteiger partial charge >= 0.3 is 11.8 Å². The van der Waals surface area contributed by atoms with Crippen LogP contribution >= 0.6 is 0 Å². The summed E-state index contributed by atoms with van der Waals surface area (Å²) in [5.41, 5.74) is 2.79. The van der Waals surface area contributed by atoms with Crippen LogP contribution in [0.5, 0.6) is 0 Å². The van der Waals surface area contributed by atoms with Crippen molar-refractivity contribution in [3.8, 4) is 0 Å². The molecule has 0 heterocycles. The number of amides is 2. The molecule has 1 aromatic carbocycles. The lowest BCUT2D eigenvalue weighted by Gasteiger charge is -2.14. The maximum atomic E-state index is 11.9. The van der Waals surface area contributed by atoms with Gasteiger partial charge in [0.05, 0.1) is 0 Å². The average molecular weight is 292 g/mol.